The van der Waals surface area contributed by atoms with Crippen molar-refractivity contribution < 1.29 is 8.42 Å². The maximum atomic E-state index is 12.5. The van der Waals surface area contributed by atoms with Crippen LogP contribution in [0.4, 0.5) is 0 Å². The molecule has 5 nitrogen and oxygen atoms in total. The number of nitrogens with one attached hydrogen (secondary N) is 2. The van der Waals surface area contributed by atoms with Crippen LogP contribution in [0.5, 0.6) is 0 Å². The van der Waals surface area contributed by atoms with Gasteiger partial charge in [0, 0.05) is 19.1 Å². The summed E-state index contributed by atoms with van der Waals surface area (Å²) in [5.74, 6) is 1.25. The van der Waals surface area contributed by atoms with Crippen LogP contribution in [0.25, 0.3) is 0 Å². The molecule has 1 heterocycles. The lowest BCUT2D eigenvalue weighted by Crippen LogP contribution is -2.49. The predicted molar refractivity (Wildman–Crippen MR) is 86.3 cm³/mol. The summed E-state index contributed by atoms with van der Waals surface area (Å²) in [6.45, 7) is 7.64. The molecule has 0 radical (unpaired) electrons. The summed E-state index contributed by atoms with van der Waals surface area (Å²) in [6, 6.07) is 0.137. The van der Waals surface area contributed by atoms with E-state index in [1.807, 2.05) is 0 Å². The van der Waals surface area contributed by atoms with Crippen molar-refractivity contribution in [3.8, 4) is 0 Å². The van der Waals surface area contributed by atoms with Crippen molar-refractivity contribution in [1.82, 2.24) is 14.3 Å². The van der Waals surface area contributed by atoms with E-state index in [4.69, 9.17) is 0 Å². The molecule has 2 aliphatic rings. The van der Waals surface area contributed by atoms with Crippen molar-refractivity contribution >= 4 is 10.2 Å². The molecule has 124 valence electrons. The van der Waals surface area contributed by atoms with Gasteiger partial charge in [0.05, 0.1) is 0 Å². The van der Waals surface area contributed by atoms with Crippen molar-refractivity contribution in [2.24, 2.45) is 11.8 Å². The minimum absolute atomic E-state index is 0.137. The van der Waals surface area contributed by atoms with Gasteiger partial charge in [-0.25, -0.2) is 0 Å². The molecule has 21 heavy (non-hydrogen) atoms. The highest BCUT2D eigenvalue weighted by molar-refractivity contribution is 7.87. The van der Waals surface area contributed by atoms with Gasteiger partial charge in [0.1, 0.15) is 0 Å². The Balaban J connectivity index is 1.80. The largest absolute Gasteiger partial charge is 0.317 e. The normalized spacial score (nSPS) is 29.6. The first-order chi connectivity index (χ1) is 10.0. The fourth-order valence-electron chi connectivity index (χ4n) is 3.53. The third-order valence-corrected chi connectivity index (χ3v) is 6.52. The summed E-state index contributed by atoms with van der Waals surface area (Å²) < 4.78 is 29.5. The van der Waals surface area contributed by atoms with Crippen LogP contribution in [0.2, 0.25) is 0 Å². The van der Waals surface area contributed by atoms with Gasteiger partial charge in [0.15, 0.2) is 0 Å². The first kappa shape index (κ1) is 17.2. The van der Waals surface area contributed by atoms with Gasteiger partial charge in [-0.15, -0.1) is 0 Å². The Labute approximate surface area is 130 Å². The Morgan fingerprint density at radius 3 is 2.48 bits per heavy atom. The molecule has 1 aliphatic heterocycles. The molecular formula is C15H31N3O2S. The third-order valence-electron chi connectivity index (χ3n) is 4.85. The second-order valence-electron chi connectivity index (χ2n) is 6.74. The average Bonchev–Trinajstić information content (AvgIpc) is 2.45. The first-order valence-corrected chi connectivity index (χ1v) is 9.93. The molecule has 0 spiro atoms. The molecule has 0 aromatic rings. The maximum Gasteiger partial charge on any atom is 0.279 e. The van der Waals surface area contributed by atoms with Crippen LogP contribution >= 0.6 is 0 Å². The van der Waals surface area contributed by atoms with Crippen LogP contribution in [0.15, 0.2) is 0 Å². The molecule has 2 atom stereocenters. The molecule has 0 aromatic heterocycles. The second kappa shape index (κ2) is 7.90. The van der Waals surface area contributed by atoms with Crippen LogP contribution in [-0.2, 0) is 10.2 Å². The molecule has 2 fully saturated rings. The third kappa shape index (κ3) is 5.20. The molecule has 0 aromatic carbocycles. The predicted octanol–water partition coefficient (Wildman–Crippen LogP) is 1.72. The molecule has 6 heteroatoms. The van der Waals surface area contributed by atoms with E-state index >= 15 is 0 Å². The van der Waals surface area contributed by atoms with E-state index in [1.165, 1.54) is 6.42 Å². The van der Waals surface area contributed by atoms with Gasteiger partial charge in [-0.3, -0.25) is 0 Å². The lowest BCUT2D eigenvalue weighted by Gasteiger charge is -2.34. The lowest BCUT2D eigenvalue weighted by atomic mass is 9.88. The summed E-state index contributed by atoms with van der Waals surface area (Å²) in [5, 5.41) is 3.36. The van der Waals surface area contributed by atoms with E-state index < -0.39 is 10.2 Å². The van der Waals surface area contributed by atoms with E-state index in [1.54, 1.807) is 4.31 Å². The molecule has 1 saturated carbocycles. The zero-order chi connectivity index (χ0) is 15.3. The van der Waals surface area contributed by atoms with Gasteiger partial charge in [-0.05, 0) is 50.6 Å². The summed E-state index contributed by atoms with van der Waals surface area (Å²) in [4.78, 5) is 0. The van der Waals surface area contributed by atoms with E-state index in [0.717, 1.165) is 45.2 Å². The molecule has 2 rings (SSSR count). The zero-order valence-electron chi connectivity index (χ0n) is 13.5. The van der Waals surface area contributed by atoms with Gasteiger partial charge >= 0.3 is 0 Å². The fourth-order valence-corrected chi connectivity index (χ4v) is 5.00. The molecule has 0 amide bonds. The quantitative estimate of drug-likeness (QED) is 0.784. The second-order valence-corrected chi connectivity index (χ2v) is 8.44. The van der Waals surface area contributed by atoms with Crippen LogP contribution < -0.4 is 10.0 Å². The van der Waals surface area contributed by atoms with Crippen molar-refractivity contribution in [3.63, 3.8) is 0 Å². The molecule has 2 N–H and O–H groups in total. The van der Waals surface area contributed by atoms with Crippen molar-refractivity contribution in [2.45, 2.75) is 58.4 Å². The summed E-state index contributed by atoms with van der Waals surface area (Å²) in [5.41, 5.74) is 0. The Morgan fingerprint density at radius 1 is 1.14 bits per heavy atom. The maximum absolute atomic E-state index is 12.5. The Kier molecular flexibility index (Phi) is 6.47. The SMILES string of the molecule is CCNCC1CCN(S(=O)(=O)NC2CCCC(C)C2)CC1. The number of hydrogen-bond acceptors (Lipinski definition) is 3. The minimum atomic E-state index is -3.29. The lowest BCUT2D eigenvalue weighted by molar-refractivity contribution is 0.259. The summed E-state index contributed by atoms with van der Waals surface area (Å²) in [7, 11) is -3.29. The van der Waals surface area contributed by atoms with E-state index in [-0.39, 0.29) is 6.04 Å². The van der Waals surface area contributed by atoms with Crippen molar-refractivity contribution in [1.29, 1.82) is 0 Å². The van der Waals surface area contributed by atoms with E-state index in [0.29, 0.717) is 24.9 Å². The van der Waals surface area contributed by atoms with Crippen LogP contribution in [0, 0.1) is 11.8 Å². The number of nitrogens with zero attached hydrogens (tertiary/aromatic N) is 1. The summed E-state index contributed by atoms with van der Waals surface area (Å²) in [6.07, 6.45) is 6.27. The number of piperidine rings is 1. The zero-order valence-corrected chi connectivity index (χ0v) is 14.3. The minimum Gasteiger partial charge on any atom is -0.317 e. The van der Waals surface area contributed by atoms with Gasteiger partial charge in [0.25, 0.3) is 10.2 Å². The molecule has 2 unspecified atom stereocenters. The summed E-state index contributed by atoms with van der Waals surface area (Å²) >= 11 is 0. The van der Waals surface area contributed by atoms with Gasteiger partial charge < -0.3 is 5.32 Å². The first-order valence-electron chi connectivity index (χ1n) is 8.49. The fraction of sp³-hybridized carbons (Fsp3) is 1.00. The highest BCUT2D eigenvalue weighted by atomic mass is 32.2. The van der Waals surface area contributed by atoms with E-state index in [9.17, 15) is 8.42 Å². The molecule has 1 saturated heterocycles. The van der Waals surface area contributed by atoms with Crippen LogP contribution in [0.1, 0.15) is 52.4 Å². The smallest absolute Gasteiger partial charge is 0.279 e. The van der Waals surface area contributed by atoms with Crippen molar-refractivity contribution in [2.75, 3.05) is 26.2 Å². The standard InChI is InChI=1S/C15H31N3O2S/c1-3-16-12-14-7-9-18(10-8-14)21(19,20)17-15-6-4-5-13(2)11-15/h13-17H,3-12H2,1-2H3. The molecule has 1 aliphatic carbocycles. The van der Waals surface area contributed by atoms with E-state index in [2.05, 4.69) is 23.9 Å². The van der Waals surface area contributed by atoms with Crippen molar-refractivity contribution in [3.05, 3.63) is 0 Å². The number of hydrogen-bond donors (Lipinski definition) is 2. The van der Waals surface area contributed by atoms with Gasteiger partial charge in [0.2, 0.25) is 0 Å². The van der Waals surface area contributed by atoms with Gasteiger partial charge in [-0.2, -0.15) is 17.4 Å². The van der Waals surface area contributed by atoms with Crippen LogP contribution in [0.3, 0.4) is 0 Å². The van der Waals surface area contributed by atoms with Gasteiger partial charge in [-0.1, -0.05) is 26.7 Å². The van der Waals surface area contributed by atoms with Crippen LogP contribution in [-0.4, -0.2) is 44.9 Å². The Morgan fingerprint density at radius 2 is 1.86 bits per heavy atom. The monoisotopic (exact) mass is 317 g/mol. The highest BCUT2D eigenvalue weighted by Gasteiger charge is 2.30. The molecular weight excluding hydrogens is 286 g/mol. The Hall–Kier alpha value is -0.170. The number of rotatable bonds is 6. The average molecular weight is 317 g/mol. The topological polar surface area (TPSA) is 61.4 Å². The highest BCUT2D eigenvalue weighted by Crippen LogP contribution is 2.25. The molecule has 0 bridgehead atoms. The Bertz CT molecular complexity index is 405.